The average Bonchev–Trinajstić information content (AvgIpc) is 2.79. The quantitative estimate of drug-likeness (QED) is 0.325. The van der Waals surface area contributed by atoms with E-state index in [1.54, 1.807) is 55.5 Å². The van der Waals surface area contributed by atoms with Gasteiger partial charge in [0, 0.05) is 29.5 Å². The average molecular weight is 457 g/mol. The number of Topliss-reactive ketones (excluding diaryl/α,β-unsaturated/α-hetero) is 1. The Balaban J connectivity index is 2.34. The number of para-hydroxylation sites is 1. The van der Waals surface area contributed by atoms with Crippen LogP contribution in [-0.4, -0.2) is 54.0 Å². The van der Waals surface area contributed by atoms with Crippen LogP contribution in [0.25, 0.3) is 0 Å². The number of carbonyl (C=O) groups excluding carboxylic acids is 2. The fraction of sp³-hybridized carbons (Fsp3) is 0.292. The number of carboxylic acids is 1. The lowest BCUT2D eigenvalue weighted by Gasteiger charge is -2.26. The minimum atomic E-state index is -1.18. The number of aliphatic hydroxyl groups excluding tert-OH is 1. The molecule has 2 aromatic carbocycles. The lowest BCUT2D eigenvalue weighted by Crippen LogP contribution is -2.28. The van der Waals surface area contributed by atoms with E-state index in [1.807, 2.05) is 0 Å². The SMILES string of the molecule is CCO[C@H](/C=C/C(=O)O)[C@H](OC(=O)Nc1ccc(C(C)=O)cc1)c1ccccc1OCCO. The lowest BCUT2D eigenvalue weighted by atomic mass is 10.0. The van der Waals surface area contributed by atoms with Crippen molar-refractivity contribution in [3.63, 3.8) is 0 Å². The number of hydrogen-bond donors (Lipinski definition) is 3. The Hall–Kier alpha value is -3.69. The van der Waals surface area contributed by atoms with Crippen molar-refractivity contribution in [2.75, 3.05) is 25.1 Å². The molecule has 9 heteroatoms. The van der Waals surface area contributed by atoms with Gasteiger partial charge in [0.2, 0.25) is 0 Å². The highest BCUT2D eigenvalue weighted by Gasteiger charge is 2.29. The molecule has 0 aliphatic carbocycles. The molecule has 3 N–H and O–H groups in total. The summed E-state index contributed by atoms with van der Waals surface area (Å²) in [4.78, 5) is 35.2. The summed E-state index contributed by atoms with van der Waals surface area (Å²) in [5, 5.41) is 20.8. The monoisotopic (exact) mass is 457 g/mol. The third-order valence-corrected chi connectivity index (χ3v) is 4.43. The van der Waals surface area contributed by atoms with Crippen LogP contribution >= 0.6 is 0 Å². The summed E-state index contributed by atoms with van der Waals surface area (Å²) in [5.41, 5.74) is 1.33. The molecule has 0 radical (unpaired) electrons. The molecule has 176 valence electrons. The number of amides is 1. The summed E-state index contributed by atoms with van der Waals surface area (Å²) < 4.78 is 16.9. The molecule has 0 bridgehead atoms. The van der Waals surface area contributed by atoms with E-state index >= 15 is 0 Å². The number of carboxylic acid groups (broad SMARTS) is 1. The summed E-state index contributed by atoms with van der Waals surface area (Å²) in [6, 6.07) is 13.0. The number of ether oxygens (including phenoxy) is 3. The second-order valence-corrected chi connectivity index (χ2v) is 6.81. The topological polar surface area (TPSA) is 131 Å². The summed E-state index contributed by atoms with van der Waals surface area (Å²) >= 11 is 0. The van der Waals surface area contributed by atoms with Crippen LogP contribution in [-0.2, 0) is 14.3 Å². The first kappa shape index (κ1) is 25.6. The van der Waals surface area contributed by atoms with E-state index in [9.17, 15) is 14.4 Å². The number of rotatable bonds is 12. The number of benzene rings is 2. The van der Waals surface area contributed by atoms with Gasteiger partial charge in [0.05, 0.1) is 6.61 Å². The van der Waals surface area contributed by atoms with Crippen molar-refractivity contribution in [1.29, 1.82) is 0 Å². The van der Waals surface area contributed by atoms with Crippen LogP contribution in [0.4, 0.5) is 10.5 Å². The number of aliphatic carboxylic acids is 1. The fourth-order valence-electron chi connectivity index (χ4n) is 2.97. The van der Waals surface area contributed by atoms with Crippen LogP contribution in [0.1, 0.15) is 35.9 Å². The molecule has 0 saturated carbocycles. The van der Waals surface area contributed by atoms with Crippen molar-refractivity contribution in [2.24, 2.45) is 0 Å². The van der Waals surface area contributed by atoms with Crippen molar-refractivity contribution >= 4 is 23.5 Å². The Bertz CT molecular complexity index is 971. The largest absolute Gasteiger partial charge is 0.491 e. The first-order valence-electron chi connectivity index (χ1n) is 10.3. The van der Waals surface area contributed by atoms with Crippen molar-refractivity contribution in [3.05, 3.63) is 71.8 Å². The van der Waals surface area contributed by atoms with Gasteiger partial charge in [-0.05, 0) is 50.3 Å². The zero-order chi connectivity index (χ0) is 24.2. The Morgan fingerprint density at radius 1 is 1.09 bits per heavy atom. The molecule has 0 aliphatic heterocycles. The van der Waals surface area contributed by atoms with E-state index in [4.69, 9.17) is 24.4 Å². The van der Waals surface area contributed by atoms with E-state index in [0.29, 0.717) is 22.6 Å². The number of aliphatic hydroxyl groups is 1. The fourth-order valence-corrected chi connectivity index (χ4v) is 2.97. The molecule has 2 rings (SSSR count). The Kier molecular flexibility index (Phi) is 10.1. The maximum Gasteiger partial charge on any atom is 0.412 e. The van der Waals surface area contributed by atoms with Gasteiger partial charge >= 0.3 is 12.1 Å². The maximum absolute atomic E-state index is 12.7. The van der Waals surface area contributed by atoms with Crippen LogP contribution in [0.3, 0.4) is 0 Å². The molecule has 33 heavy (non-hydrogen) atoms. The van der Waals surface area contributed by atoms with Gasteiger partial charge in [-0.1, -0.05) is 18.2 Å². The standard InChI is InChI=1S/C24H27NO8/c1-3-31-21(12-13-22(28)29)23(19-6-4-5-7-20(19)32-15-14-26)33-24(30)25-18-10-8-17(9-11-18)16(2)27/h4-13,21,23,26H,3,14-15H2,1-2H3,(H,25,30)(H,28,29)/b13-12+/t21-,23-/m1/s1. The lowest BCUT2D eigenvalue weighted by molar-refractivity contribution is -0.131. The molecular formula is C24H27NO8. The van der Waals surface area contributed by atoms with Gasteiger partial charge in [0.25, 0.3) is 0 Å². The minimum absolute atomic E-state index is 0.0166. The molecule has 2 atom stereocenters. The van der Waals surface area contributed by atoms with Gasteiger partial charge in [0.15, 0.2) is 11.9 Å². The number of anilines is 1. The molecule has 0 saturated heterocycles. The van der Waals surface area contributed by atoms with Gasteiger partial charge in [-0.2, -0.15) is 0 Å². The molecule has 2 aromatic rings. The Labute approximate surface area is 191 Å². The van der Waals surface area contributed by atoms with E-state index in [1.165, 1.54) is 13.0 Å². The normalized spacial score (nSPS) is 12.7. The van der Waals surface area contributed by atoms with Crippen LogP contribution in [0.15, 0.2) is 60.7 Å². The molecule has 1 amide bonds. The number of ketones is 1. The van der Waals surface area contributed by atoms with Gasteiger partial charge < -0.3 is 24.4 Å². The third-order valence-electron chi connectivity index (χ3n) is 4.43. The van der Waals surface area contributed by atoms with Crippen molar-refractivity contribution in [3.8, 4) is 5.75 Å². The second kappa shape index (κ2) is 13.0. The van der Waals surface area contributed by atoms with E-state index in [-0.39, 0.29) is 25.6 Å². The molecule has 0 spiro atoms. The molecule has 0 aliphatic rings. The van der Waals surface area contributed by atoms with Gasteiger partial charge in [-0.15, -0.1) is 0 Å². The van der Waals surface area contributed by atoms with Gasteiger partial charge in [-0.25, -0.2) is 9.59 Å². The van der Waals surface area contributed by atoms with E-state index < -0.39 is 24.3 Å². The molecule has 0 unspecified atom stereocenters. The maximum atomic E-state index is 12.7. The third kappa shape index (κ3) is 8.06. The highest BCUT2D eigenvalue weighted by atomic mass is 16.6. The highest BCUT2D eigenvalue weighted by Crippen LogP contribution is 2.32. The number of nitrogens with one attached hydrogen (secondary N) is 1. The van der Waals surface area contributed by atoms with Crippen molar-refractivity contribution in [2.45, 2.75) is 26.1 Å². The van der Waals surface area contributed by atoms with Crippen molar-refractivity contribution in [1.82, 2.24) is 0 Å². The minimum Gasteiger partial charge on any atom is -0.491 e. The molecule has 0 heterocycles. The summed E-state index contributed by atoms with van der Waals surface area (Å²) in [6.07, 6.45) is -0.621. The Morgan fingerprint density at radius 3 is 2.39 bits per heavy atom. The van der Waals surface area contributed by atoms with E-state index in [2.05, 4.69) is 5.32 Å². The molecular weight excluding hydrogens is 430 g/mol. The van der Waals surface area contributed by atoms with Crippen LogP contribution in [0, 0.1) is 0 Å². The summed E-state index contributed by atoms with van der Waals surface area (Å²) in [6.45, 7) is 3.19. The predicted octanol–water partition coefficient (Wildman–Crippen LogP) is 3.60. The first-order valence-corrected chi connectivity index (χ1v) is 10.3. The second-order valence-electron chi connectivity index (χ2n) is 6.81. The van der Waals surface area contributed by atoms with Gasteiger partial charge in [-0.3, -0.25) is 10.1 Å². The van der Waals surface area contributed by atoms with Crippen LogP contribution in [0.2, 0.25) is 0 Å². The summed E-state index contributed by atoms with van der Waals surface area (Å²) in [7, 11) is 0. The first-order chi connectivity index (χ1) is 15.8. The summed E-state index contributed by atoms with van der Waals surface area (Å²) in [5.74, 6) is -0.935. The zero-order valence-electron chi connectivity index (χ0n) is 18.4. The number of carbonyl (C=O) groups is 3. The Morgan fingerprint density at radius 2 is 1.79 bits per heavy atom. The van der Waals surface area contributed by atoms with Crippen LogP contribution in [0.5, 0.6) is 5.75 Å². The molecule has 0 fully saturated rings. The van der Waals surface area contributed by atoms with Crippen LogP contribution < -0.4 is 10.1 Å². The van der Waals surface area contributed by atoms with E-state index in [0.717, 1.165) is 6.08 Å². The van der Waals surface area contributed by atoms with Crippen molar-refractivity contribution < 1.29 is 38.8 Å². The number of hydrogen-bond acceptors (Lipinski definition) is 7. The molecule has 0 aromatic heterocycles. The smallest absolute Gasteiger partial charge is 0.412 e. The predicted molar refractivity (Wildman–Crippen MR) is 121 cm³/mol. The van der Waals surface area contributed by atoms with Gasteiger partial charge in [0.1, 0.15) is 18.5 Å². The zero-order valence-corrected chi connectivity index (χ0v) is 18.4. The highest BCUT2D eigenvalue weighted by molar-refractivity contribution is 5.95. The molecule has 9 nitrogen and oxygen atoms in total.